The SMILES string of the molecule is C=CC1CCCC(OS(=O)(=O)C(F)(F)F)C1O. The van der Waals surface area contributed by atoms with Crippen molar-refractivity contribution in [2.45, 2.75) is 37.0 Å². The second kappa shape index (κ2) is 4.95. The van der Waals surface area contributed by atoms with E-state index in [1.54, 1.807) is 0 Å². The highest BCUT2D eigenvalue weighted by Gasteiger charge is 2.50. The Kier molecular flexibility index (Phi) is 4.21. The van der Waals surface area contributed by atoms with Crippen LogP contribution in [0.25, 0.3) is 0 Å². The lowest BCUT2D eigenvalue weighted by Crippen LogP contribution is -2.42. The van der Waals surface area contributed by atoms with E-state index in [4.69, 9.17) is 0 Å². The summed E-state index contributed by atoms with van der Waals surface area (Å²) in [7, 11) is -5.66. The largest absolute Gasteiger partial charge is 0.523 e. The Labute approximate surface area is 97.2 Å². The van der Waals surface area contributed by atoms with Crippen LogP contribution in [0, 0.1) is 5.92 Å². The smallest absolute Gasteiger partial charge is 0.390 e. The molecule has 4 nitrogen and oxygen atoms in total. The van der Waals surface area contributed by atoms with Crippen molar-refractivity contribution in [3.8, 4) is 0 Å². The molecule has 3 atom stereocenters. The zero-order valence-corrected chi connectivity index (χ0v) is 9.67. The van der Waals surface area contributed by atoms with E-state index < -0.39 is 33.8 Å². The van der Waals surface area contributed by atoms with E-state index in [1.807, 2.05) is 0 Å². The molecule has 1 rings (SSSR count). The fourth-order valence-corrected chi connectivity index (χ4v) is 2.40. The molecule has 0 spiro atoms. The van der Waals surface area contributed by atoms with Crippen LogP contribution in [0.3, 0.4) is 0 Å². The van der Waals surface area contributed by atoms with Gasteiger partial charge in [-0.25, -0.2) is 0 Å². The molecular weight excluding hydrogens is 261 g/mol. The molecule has 1 fully saturated rings. The van der Waals surface area contributed by atoms with Crippen LogP contribution in [0.5, 0.6) is 0 Å². The summed E-state index contributed by atoms with van der Waals surface area (Å²) in [5.74, 6) is -0.447. The minimum Gasteiger partial charge on any atom is -0.390 e. The topological polar surface area (TPSA) is 63.6 Å². The van der Waals surface area contributed by atoms with E-state index in [0.29, 0.717) is 12.8 Å². The Morgan fingerprint density at radius 1 is 1.35 bits per heavy atom. The molecule has 1 aliphatic rings. The number of hydrogen-bond acceptors (Lipinski definition) is 4. The molecule has 0 saturated heterocycles. The van der Waals surface area contributed by atoms with Gasteiger partial charge in [-0.05, 0) is 12.8 Å². The van der Waals surface area contributed by atoms with E-state index in [-0.39, 0.29) is 6.42 Å². The van der Waals surface area contributed by atoms with Crippen LogP contribution in [0.2, 0.25) is 0 Å². The minimum absolute atomic E-state index is 0.0703. The van der Waals surface area contributed by atoms with Crippen LogP contribution in [0.4, 0.5) is 13.2 Å². The van der Waals surface area contributed by atoms with Crippen LogP contribution < -0.4 is 0 Å². The monoisotopic (exact) mass is 274 g/mol. The molecule has 100 valence electrons. The van der Waals surface area contributed by atoms with E-state index >= 15 is 0 Å². The first-order valence-electron chi connectivity index (χ1n) is 4.99. The van der Waals surface area contributed by atoms with Gasteiger partial charge in [0.2, 0.25) is 0 Å². The molecule has 1 N–H and O–H groups in total. The van der Waals surface area contributed by atoms with E-state index in [9.17, 15) is 26.7 Å². The molecule has 3 unspecified atom stereocenters. The van der Waals surface area contributed by atoms with Gasteiger partial charge in [0, 0.05) is 5.92 Å². The summed E-state index contributed by atoms with van der Waals surface area (Å²) >= 11 is 0. The van der Waals surface area contributed by atoms with E-state index in [0.717, 1.165) is 0 Å². The third-order valence-electron chi connectivity index (χ3n) is 2.68. The average molecular weight is 274 g/mol. The number of alkyl halides is 3. The second-order valence-corrected chi connectivity index (χ2v) is 5.42. The summed E-state index contributed by atoms with van der Waals surface area (Å²) in [6, 6.07) is 0. The molecule has 0 radical (unpaired) electrons. The lowest BCUT2D eigenvalue weighted by atomic mass is 9.85. The van der Waals surface area contributed by atoms with Crippen molar-refractivity contribution >= 4 is 10.1 Å². The predicted molar refractivity (Wildman–Crippen MR) is 53.4 cm³/mol. The Hall–Kier alpha value is -0.600. The van der Waals surface area contributed by atoms with Gasteiger partial charge in [0.05, 0.1) is 6.10 Å². The van der Waals surface area contributed by atoms with Crippen molar-refractivity contribution in [1.82, 2.24) is 0 Å². The molecule has 1 aliphatic carbocycles. The van der Waals surface area contributed by atoms with Crippen LogP contribution >= 0.6 is 0 Å². The van der Waals surface area contributed by atoms with Crippen LogP contribution in [-0.2, 0) is 14.3 Å². The summed E-state index contributed by atoms with van der Waals surface area (Å²) in [6.45, 7) is 3.43. The predicted octanol–water partition coefficient (Wildman–Crippen LogP) is 1.57. The third-order valence-corrected chi connectivity index (χ3v) is 3.75. The Morgan fingerprint density at radius 2 is 1.94 bits per heavy atom. The molecule has 0 heterocycles. The maximum atomic E-state index is 12.1. The standard InChI is InChI=1S/C9H13F3O4S/c1-2-6-4-3-5-7(8(6)13)16-17(14,15)9(10,11)12/h2,6-8,13H,1,3-5H2. The normalized spacial score (nSPS) is 31.2. The van der Waals surface area contributed by atoms with Gasteiger partial charge in [-0.3, -0.25) is 4.18 Å². The minimum atomic E-state index is -5.66. The van der Waals surface area contributed by atoms with Crippen molar-refractivity contribution in [1.29, 1.82) is 0 Å². The Morgan fingerprint density at radius 3 is 2.41 bits per heavy atom. The van der Waals surface area contributed by atoms with Crippen molar-refractivity contribution in [3.05, 3.63) is 12.7 Å². The molecule has 1 saturated carbocycles. The molecule has 8 heteroatoms. The maximum absolute atomic E-state index is 12.1. The van der Waals surface area contributed by atoms with Gasteiger partial charge in [0.15, 0.2) is 0 Å². The average Bonchev–Trinajstić information content (AvgIpc) is 2.19. The Bertz CT molecular complexity index is 376. The molecule has 0 aromatic rings. The lowest BCUT2D eigenvalue weighted by molar-refractivity contribution is -0.0711. The van der Waals surface area contributed by atoms with Gasteiger partial charge >= 0.3 is 15.6 Å². The van der Waals surface area contributed by atoms with Gasteiger partial charge in [-0.1, -0.05) is 12.5 Å². The highest BCUT2D eigenvalue weighted by Crippen LogP contribution is 2.32. The van der Waals surface area contributed by atoms with Gasteiger partial charge in [0.25, 0.3) is 0 Å². The van der Waals surface area contributed by atoms with Crippen LogP contribution in [-0.4, -0.2) is 31.2 Å². The Balaban J connectivity index is 2.78. The van der Waals surface area contributed by atoms with Crippen LogP contribution in [0.1, 0.15) is 19.3 Å². The summed E-state index contributed by atoms with van der Waals surface area (Å²) < 4.78 is 61.8. The zero-order valence-electron chi connectivity index (χ0n) is 8.85. The molecule has 0 bridgehead atoms. The van der Waals surface area contributed by atoms with Crippen molar-refractivity contribution in [3.63, 3.8) is 0 Å². The van der Waals surface area contributed by atoms with Crippen LogP contribution in [0.15, 0.2) is 12.7 Å². The number of aliphatic hydroxyl groups is 1. The first-order valence-corrected chi connectivity index (χ1v) is 6.40. The molecule has 0 aromatic heterocycles. The maximum Gasteiger partial charge on any atom is 0.523 e. The van der Waals surface area contributed by atoms with Crippen molar-refractivity contribution in [2.75, 3.05) is 0 Å². The van der Waals surface area contributed by atoms with Gasteiger partial charge in [-0.2, -0.15) is 21.6 Å². The fraction of sp³-hybridized carbons (Fsp3) is 0.778. The number of aliphatic hydroxyl groups excluding tert-OH is 1. The van der Waals surface area contributed by atoms with Gasteiger partial charge < -0.3 is 5.11 Å². The molecular formula is C9H13F3O4S. The molecule has 17 heavy (non-hydrogen) atoms. The first kappa shape index (κ1) is 14.5. The summed E-state index contributed by atoms with van der Waals surface area (Å²) in [5, 5.41) is 9.63. The zero-order chi connectivity index (χ0) is 13.3. The highest BCUT2D eigenvalue weighted by atomic mass is 32.2. The first-order chi connectivity index (χ1) is 7.69. The van der Waals surface area contributed by atoms with E-state index in [2.05, 4.69) is 10.8 Å². The fourth-order valence-electron chi connectivity index (χ4n) is 1.75. The van der Waals surface area contributed by atoms with Gasteiger partial charge in [-0.15, -0.1) is 6.58 Å². The quantitative estimate of drug-likeness (QED) is 0.482. The van der Waals surface area contributed by atoms with Gasteiger partial charge in [0.1, 0.15) is 6.10 Å². The van der Waals surface area contributed by atoms with Crippen molar-refractivity contribution in [2.24, 2.45) is 5.92 Å². The summed E-state index contributed by atoms with van der Waals surface area (Å²) in [4.78, 5) is 0. The highest BCUT2D eigenvalue weighted by molar-refractivity contribution is 7.87. The summed E-state index contributed by atoms with van der Waals surface area (Å²) in [6.07, 6.45) is -0.152. The second-order valence-electron chi connectivity index (χ2n) is 3.86. The van der Waals surface area contributed by atoms with Crippen molar-refractivity contribution < 1.29 is 30.9 Å². The third kappa shape index (κ3) is 3.20. The molecule has 0 aliphatic heterocycles. The van der Waals surface area contributed by atoms with E-state index in [1.165, 1.54) is 6.08 Å². The molecule has 0 aromatic carbocycles. The number of hydrogen-bond donors (Lipinski definition) is 1. The number of rotatable bonds is 3. The molecule has 0 amide bonds. The lowest BCUT2D eigenvalue weighted by Gasteiger charge is -2.32. The summed E-state index contributed by atoms with van der Waals surface area (Å²) in [5.41, 5.74) is -5.46. The number of halogens is 3.